The minimum absolute atomic E-state index is 0.140. The number of nitrogens with one attached hydrogen (secondary N) is 2. The maximum atomic E-state index is 10.9. The van der Waals surface area contributed by atoms with Crippen molar-refractivity contribution in [3.63, 3.8) is 0 Å². The zero-order valence-electron chi connectivity index (χ0n) is 10.2. The van der Waals surface area contributed by atoms with Crippen molar-refractivity contribution in [3.05, 3.63) is 39.9 Å². The summed E-state index contributed by atoms with van der Waals surface area (Å²) in [5, 5.41) is 21.8. The van der Waals surface area contributed by atoms with Gasteiger partial charge in [-0.05, 0) is 19.3 Å². The SMILES string of the molecule is N=C1CCCCC(Cc2ccccc2[N+](=O)[O-])N1. The van der Waals surface area contributed by atoms with E-state index in [0.29, 0.717) is 12.3 Å². The summed E-state index contributed by atoms with van der Waals surface area (Å²) in [6.07, 6.45) is 4.46. The number of nitro groups is 1. The highest BCUT2D eigenvalue weighted by Gasteiger charge is 2.19. The molecular weight excluding hydrogens is 230 g/mol. The third kappa shape index (κ3) is 3.06. The zero-order valence-corrected chi connectivity index (χ0v) is 10.2. The Kier molecular flexibility index (Phi) is 3.92. The Morgan fingerprint density at radius 3 is 2.94 bits per heavy atom. The molecule has 1 aliphatic heterocycles. The number of amidine groups is 1. The topological polar surface area (TPSA) is 79.0 Å². The van der Waals surface area contributed by atoms with Crippen LogP contribution in [0.1, 0.15) is 31.2 Å². The Balaban J connectivity index is 2.13. The van der Waals surface area contributed by atoms with Crippen molar-refractivity contribution in [1.82, 2.24) is 5.32 Å². The van der Waals surface area contributed by atoms with Gasteiger partial charge in [-0.15, -0.1) is 0 Å². The predicted octanol–water partition coefficient (Wildman–Crippen LogP) is 2.65. The van der Waals surface area contributed by atoms with E-state index in [2.05, 4.69) is 5.32 Å². The van der Waals surface area contributed by atoms with Crippen LogP contribution >= 0.6 is 0 Å². The van der Waals surface area contributed by atoms with Crippen LogP contribution < -0.4 is 5.32 Å². The minimum Gasteiger partial charge on any atom is -0.371 e. The third-order valence-electron chi connectivity index (χ3n) is 3.26. The minimum atomic E-state index is -0.336. The Morgan fingerprint density at radius 2 is 2.17 bits per heavy atom. The Labute approximate surface area is 106 Å². The maximum Gasteiger partial charge on any atom is 0.272 e. The normalized spacial score (nSPS) is 20.0. The van der Waals surface area contributed by atoms with E-state index >= 15 is 0 Å². The lowest BCUT2D eigenvalue weighted by atomic mass is 10.0. The monoisotopic (exact) mass is 247 g/mol. The van der Waals surface area contributed by atoms with Gasteiger partial charge in [0.2, 0.25) is 0 Å². The van der Waals surface area contributed by atoms with E-state index in [1.807, 2.05) is 6.07 Å². The molecule has 96 valence electrons. The van der Waals surface area contributed by atoms with Crippen LogP contribution in [-0.2, 0) is 6.42 Å². The van der Waals surface area contributed by atoms with Crippen molar-refractivity contribution >= 4 is 11.5 Å². The van der Waals surface area contributed by atoms with Crippen LogP contribution in [-0.4, -0.2) is 16.8 Å². The van der Waals surface area contributed by atoms with Crippen molar-refractivity contribution in [3.8, 4) is 0 Å². The van der Waals surface area contributed by atoms with E-state index in [9.17, 15) is 10.1 Å². The fraction of sp³-hybridized carbons (Fsp3) is 0.462. The molecule has 0 bridgehead atoms. The van der Waals surface area contributed by atoms with Crippen LogP contribution in [0.2, 0.25) is 0 Å². The van der Waals surface area contributed by atoms with E-state index in [0.717, 1.165) is 31.2 Å². The Hall–Kier alpha value is -1.91. The lowest BCUT2D eigenvalue weighted by Crippen LogP contribution is -2.34. The van der Waals surface area contributed by atoms with Gasteiger partial charge < -0.3 is 5.32 Å². The summed E-state index contributed by atoms with van der Waals surface area (Å²) in [5.74, 6) is 0.552. The van der Waals surface area contributed by atoms with Crippen LogP contribution in [0.5, 0.6) is 0 Å². The molecule has 5 nitrogen and oxygen atoms in total. The first-order chi connectivity index (χ1) is 8.66. The fourth-order valence-corrected chi connectivity index (χ4v) is 2.36. The average Bonchev–Trinajstić information content (AvgIpc) is 2.54. The van der Waals surface area contributed by atoms with E-state index in [4.69, 9.17) is 5.41 Å². The first-order valence-electron chi connectivity index (χ1n) is 6.23. The second-order valence-corrected chi connectivity index (χ2v) is 4.66. The van der Waals surface area contributed by atoms with E-state index in [-0.39, 0.29) is 16.7 Å². The molecule has 0 aromatic heterocycles. The van der Waals surface area contributed by atoms with Gasteiger partial charge in [0.15, 0.2) is 0 Å². The van der Waals surface area contributed by atoms with E-state index < -0.39 is 0 Å². The summed E-state index contributed by atoms with van der Waals surface area (Å²) in [4.78, 5) is 10.6. The maximum absolute atomic E-state index is 10.9. The van der Waals surface area contributed by atoms with Gasteiger partial charge in [-0.25, -0.2) is 0 Å². The molecule has 1 heterocycles. The quantitative estimate of drug-likeness (QED) is 0.636. The van der Waals surface area contributed by atoms with Crippen LogP contribution in [0.4, 0.5) is 5.69 Å². The summed E-state index contributed by atoms with van der Waals surface area (Å²) in [5.41, 5.74) is 0.921. The number of para-hydroxylation sites is 1. The van der Waals surface area contributed by atoms with Crippen molar-refractivity contribution in [2.24, 2.45) is 0 Å². The molecule has 1 aliphatic rings. The smallest absolute Gasteiger partial charge is 0.272 e. The first-order valence-corrected chi connectivity index (χ1v) is 6.23. The number of hydrogen-bond acceptors (Lipinski definition) is 3. The average molecular weight is 247 g/mol. The molecule has 0 aliphatic carbocycles. The molecule has 1 aromatic rings. The molecule has 1 unspecified atom stereocenters. The van der Waals surface area contributed by atoms with Crippen molar-refractivity contribution < 1.29 is 4.92 Å². The summed E-state index contributed by atoms with van der Waals surface area (Å²) in [7, 11) is 0. The lowest BCUT2D eigenvalue weighted by Gasteiger charge is -2.16. The standard InChI is InChI=1S/C13H17N3O2/c14-13-8-4-2-6-11(15-13)9-10-5-1-3-7-12(10)16(17)18/h1,3,5,7,11H,2,4,6,8-9H2,(H2,14,15). The Morgan fingerprint density at radius 1 is 1.39 bits per heavy atom. The van der Waals surface area contributed by atoms with Gasteiger partial charge in [0.1, 0.15) is 0 Å². The summed E-state index contributed by atoms with van der Waals surface area (Å²) in [6.45, 7) is 0. The second-order valence-electron chi connectivity index (χ2n) is 4.66. The highest BCUT2D eigenvalue weighted by molar-refractivity contribution is 5.79. The first kappa shape index (κ1) is 12.5. The molecule has 1 fully saturated rings. The second kappa shape index (κ2) is 5.62. The van der Waals surface area contributed by atoms with Crippen LogP contribution in [0.15, 0.2) is 24.3 Å². The molecule has 1 atom stereocenters. The van der Waals surface area contributed by atoms with Gasteiger partial charge in [0, 0.05) is 24.1 Å². The number of rotatable bonds is 3. The molecule has 18 heavy (non-hydrogen) atoms. The van der Waals surface area contributed by atoms with Crippen LogP contribution in [0, 0.1) is 15.5 Å². The molecule has 0 radical (unpaired) electrons. The highest BCUT2D eigenvalue weighted by atomic mass is 16.6. The zero-order chi connectivity index (χ0) is 13.0. The molecule has 0 saturated carbocycles. The molecule has 2 N–H and O–H groups in total. The van der Waals surface area contributed by atoms with Gasteiger partial charge in [0.05, 0.1) is 10.8 Å². The number of hydrogen-bond donors (Lipinski definition) is 2. The molecule has 5 heteroatoms. The van der Waals surface area contributed by atoms with E-state index in [1.165, 1.54) is 6.07 Å². The molecule has 1 saturated heterocycles. The fourth-order valence-electron chi connectivity index (χ4n) is 2.36. The van der Waals surface area contributed by atoms with Gasteiger partial charge in [-0.3, -0.25) is 15.5 Å². The summed E-state index contributed by atoms with van der Waals surface area (Å²) in [6, 6.07) is 6.99. The van der Waals surface area contributed by atoms with E-state index in [1.54, 1.807) is 12.1 Å². The van der Waals surface area contributed by atoms with Gasteiger partial charge in [-0.1, -0.05) is 24.6 Å². The third-order valence-corrected chi connectivity index (χ3v) is 3.26. The van der Waals surface area contributed by atoms with Crippen molar-refractivity contribution in [1.29, 1.82) is 5.41 Å². The molecule has 0 spiro atoms. The van der Waals surface area contributed by atoms with Gasteiger partial charge in [0.25, 0.3) is 5.69 Å². The van der Waals surface area contributed by atoms with Crippen molar-refractivity contribution in [2.45, 2.75) is 38.1 Å². The van der Waals surface area contributed by atoms with Gasteiger partial charge in [-0.2, -0.15) is 0 Å². The predicted molar refractivity (Wildman–Crippen MR) is 69.9 cm³/mol. The molecular formula is C13H17N3O2. The summed E-state index contributed by atoms with van der Waals surface area (Å²) >= 11 is 0. The largest absolute Gasteiger partial charge is 0.371 e. The highest BCUT2D eigenvalue weighted by Crippen LogP contribution is 2.21. The van der Waals surface area contributed by atoms with Gasteiger partial charge >= 0.3 is 0 Å². The summed E-state index contributed by atoms with van der Waals surface area (Å²) < 4.78 is 0. The number of benzene rings is 1. The van der Waals surface area contributed by atoms with Crippen LogP contribution in [0.25, 0.3) is 0 Å². The lowest BCUT2D eigenvalue weighted by molar-refractivity contribution is -0.385. The van der Waals surface area contributed by atoms with Crippen molar-refractivity contribution in [2.75, 3.05) is 0 Å². The van der Waals surface area contributed by atoms with Crippen LogP contribution in [0.3, 0.4) is 0 Å². The number of nitrogens with zero attached hydrogens (tertiary/aromatic N) is 1. The number of nitro benzene ring substituents is 1. The molecule has 0 amide bonds. The Bertz CT molecular complexity index is 459. The molecule has 2 rings (SSSR count). The molecule has 1 aromatic carbocycles.